The Morgan fingerprint density at radius 3 is 2.48 bits per heavy atom. The standard InChI is InChI=1S/C32H42N2O6/c1-20(35)32(39)16-13-26-24-10-9-22-18-23(11-14-30(22,2)25(24)12-15-31(26,32)3)34-40-19-28(36)33-27(29(37)38)17-21-7-5-4-6-8-21/h4-8,18,24-27,39H,9-17,19H2,1-3H3,(H,33,36)(H,37,38)/b34-23+/t24-,25-,26-,27+,30+,31+,32+/m1/s1. The lowest BCUT2D eigenvalue weighted by Gasteiger charge is -2.59. The number of Topliss-reactive ketones (excluding diaryl/α,β-unsaturated/α-hetero) is 1. The summed E-state index contributed by atoms with van der Waals surface area (Å²) < 4.78 is 0. The van der Waals surface area contributed by atoms with Gasteiger partial charge in [0.05, 0.1) is 5.71 Å². The third-order valence-electron chi connectivity index (χ3n) is 11.0. The van der Waals surface area contributed by atoms with Crippen LogP contribution in [0.4, 0.5) is 0 Å². The van der Waals surface area contributed by atoms with Gasteiger partial charge in [0, 0.05) is 11.8 Å². The summed E-state index contributed by atoms with van der Waals surface area (Å²) >= 11 is 0. The predicted octanol–water partition coefficient (Wildman–Crippen LogP) is 4.45. The molecule has 0 spiro atoms. The minimum atomic E-state index is -1.19. The van der Waals surface area contributed by atoms with Crippen LogP contribution in [0, 0.1) is 28.6 Å². The van der Waals surface area contributed by atoms with Gasteiger partial charge in [-0.3, -0.25) is 9.59 Å². The summed E-state index contributed by atoms with van der Waals surface area (Å²) in [4.78, 5) is 41.9. The fraction of sp³-hybridized carbons (Fsp3) is 0.625. The van der Waals surface area contributed by atoms with Gasteiger partial charge in [0.25, 0.3) is 5.91 Å². The quantitative estimate of drug-likeness (QED) is 0.411. The normalized spacial score (nSPS) is 36.5. The number of carbonyl (C=O) groups excluding carboxylic acids is 2. The first-order chi connectivity index (χ1) is 19.0. The third kappa shape index (κ3) is 4.89. The summed E-state index contributed by atoms with van der Waals surface area (Å²) in [5.74, 6) is -0.306. The van der Waals surface area contributed by atoms with Gasteiger partial charge < -0.3 is 20.4 Å². The Morgan fingerprint density at radius 2 is 1.77 bits per heavy atom. The van der Waals surface area contributed by atoms with Crippen LogP contribution in [0.2, 0.25) is 0 Å². The zero-order valence-corrected chi connectivity index (χ0v) is 23.8. The number of aliphatic carboxylic acids is 1. The number of allylic oxidation sites excluding steroid dienone is 2. The monoisotopic (exact) mass is 550 g/mol. The summed E-state index contributed by atoms with van der Waals surface area (Å²) in [5.41, 5.74) is 1.54. The van der Waals surface area contributed by atoms with E-state index in [1.54, 1.807) is 6.92 Å². The minimum absolute atomic E-state index is 0.0592. The van der Waals surface area contributed by atoms with Crippen molar-refractivity contribution in [1.29, 1.82) is 0 Å². The van der Waals surface area contributed by atoms with Crippen molar-refractivity contribution >= 4 is 23.4 Å². The van der Waals surface area contributed by atoms with Crippen LogP contribution in [0.15, 0.2) is 47.1 Å². The van der Waals surface area contributed by atoms with E-state index in [-0.39, 0.29) is 29.6 Å². The molecule has 4 aliphatic carbocycles. The number of carboxylic acids is 1. The molecule has 1 aromatic carbocycles. The fourth-order valence-electron chi connectivity index (χ4n) is 8.70. The minimum Gasteiger partial charge on any atom is -0.480 e. The van der Waals surface area contributed by atoms with Gasteiger partial charge in [0.1, 0.15) is 11.6 Å². The molecule has 3 saturated carbocycles. The van der Waals surface area contributed by atoms with E-state index in [0.29, 0.717) is 24.2 Å². The number of fused-ring (bicyclic) bond motifs is 5. The van der Waals surface area contributed by atoms with Gasteiger partial charge in [-0.05, 0) is 93.1 Å². The topological polar surface area (TPSA) is 125 Å². The number of hydrogen-bond acceptors (Lipinski definition) is 6. The first kappa shape index (κ1) is 28.5. The highest BCUT2D eigenvalue weighted by molar-refractivity contribution is 5.96. The van der Waals surface area contributed by atoms with Gasteiger partial charge in [-0.1, -0.05) is 54.9 Å². The van der Waals surface area contributed by atoms with Crippen molar-refractivity contribution in [2.75, 3.05) is 6.61 Å². The average Bonchev–Trinajstić information content (AvgIpc) is 3.20. The van der Waals surface area contributed by atoms with E-state index in [9.17, 15) is 24.6 Å². The Morgan fingerprint density at radius 1 is 1.05 bits per heavy atom. The second-order valence-electron chi connectivity index (χ2n) is 12.9. The van der Waals surface area contributed by atoms with Crippen molar-refractivity contribution in [2.24, 2.45) is 33.7 Å². The van der Waals surface area contributed by atoms with Gasteiger partial charge in [0.2, 0.25) is 0 Å². The van der Waals surface area contributed by atoms with Gasteiger partial charge in [-0.2, -0.15) is 0 Å². The molecule has 0 aromatic heterocycles. The molecule has 0 aliphatic heterocycles. The van der Waals surface area contributed by atoms with E-state index in [0.717, 1.165) is 56.2 Å². The summed E-state index contributed by atoms with van der Waals surface area (Å²) in [6, 6.07) is 8.14. The molecule has 8 nitrogen and oxygen atoms in total. The number of oxime groups is 1. The summed E-state index contributed by atoms with van der Waals surface area (Å²) in [7, 11) is 0. The molecule has 0 bridgehead atoms. The maximum absolute atomic E-state index is 12.5. The van der Waals surface area contributed by atoms with Crippen molar-refractivity contribution in [3.63, 3.8) is 0 Å². The molecule has 8 heteroatoms. The third-order valence-corrected chi connectivity index (χ3v) is 11.0. The van der Waals surface area contributed by atoms with Gasteiger partial charge in [-0.25, -0.2) is 4.79 Å². The molecule has 5 rings (SSSR count). The molecular weight excluding hydrogens is 508 g/mol. The van der Waals surface area contributed by atoms with Crippen LogP contribution in [0.5, 0.6) is 0 Å². The highest BCUT2D eigenvalue weighted by Crippen LogP contribution is 2.67. The molecule has 7 atom stereocenters. The van der Waals surface area contributed by atoms with Crippen LogP contribution in [0.3, 0.4) is 0 Å². The van der Waals surface area contributed by atoms with Crippen molar-refractivity contribution < 1.29 is 29.4 Å². The Bertz CT molecular complexity index is 1230. The van der Waals surface area contributed by atoms with Crippen molar-refractivity contribution in [3.8, 4) is 0 Å². The Hall–Kier alpha value is -3.00. The molecule has 0 radical (unpaired) electrons. The zero-order chi connectivity index (χ0) is 28.7. The van der Waals surface area contributed by atoms with Crippen LogP contribution < -0.4 is 5.32 Å². The number of hydrogen-bond donors (Lipinski definition) is 3. The van der Waals surface area contributed by atoms with Gasteiger partial charge in [0.15, 0.2) is 12.4 Å². The zero-order valence-electron chi connectivity index (χ0n) is 23.8. The average molecular weight is 551 g/mol. The van der Waals surface area contributed by atoms with E-state index in [1.807, 2.05) is 30.3 Å². The summed E-state index contributed by atoms with van der Waals surface area (Å²) in [6.45, 7) is 5.72. The Kier molecular flexibility index (Phi) is 7.68. The maximum Gasteiger partial charge on any atom is 0.326 e. The Labute approximate surface area is 236 Å². The van der Waals surface area contributed by atoms with Crippen molar-refractivity contribution in [3.05, 3.63) is 47.5 Å². The lowest BCUT2D eigenvalue weighted by atomic mass is 9.46. The van der Waals surface area contributed by atoms with E-state index < -0.39 is 23.5 Å². The lowest BCUT2D eigenvalue weighted by Crippen LogP contribution is -2.57. The number of nitrogens with zero attached hydrogens (tertiary/aromatic N) is 1. The Balaban J connectivity index is 1.20. The van der Waals surface area contributed by atoms with E-state index in [4.69, 9.17) is 4.84 Å². The fourth-order valence-corrected chi connectivity index (χ4v) is 8.70. The molecular formula is C32H42N2O6. The second-order valence-corrected chi connectivity index (χ2v) is 12.9. The SMILES string of the molecule is CC(=O)[C@@]1(O)CC[C@@H]2[C@@H]3CCC4=C/C(=N/OCC(=O)N[C@@H](Cc5ccccc5)C(=O)O)CC[C@]4(C)[C@@H]3CC[C@@]21C. The van der Waals surface area contributed by atoms with Gasteiger partial charge >= 0.3 is 5.97 Å². The molecule has 1 amide bonds. The molecule has 3 N–H and O–H groups in total. The van der Waals surface area contributed by atoms with Crippen LogP contribution >= 0.6 is 0 Å². The van der Waals surface area contributed by atoms with Crippen molar-refractivity contribution in [2.45, 2.75) is 90.2 Å². The highest BCUT2D eigenvalue weighted by atomic mass is 16.6. The van der Waals surface area contributed by atoms with Crippen LogP contribution in [0.25, 0.3) is 0 Å². The molecule has 3 fully saturated rings. The molecule has 0 unspecified atom stereocenters. The van der Waals surface area contributed by atoms with E-state index in [1.165, 1.54) is 5.57 Å². The first-order valence-electron chi connectivity index (χ1n) is 14.7. The maximum atomic E-state index is 12.5. The number of ketones is 1. The van der Waals surface area contributed by atoms with Gasteiger partial charge in [-0.15, -0.1) is 0 Å². The summed E-state index contributed by atoms with van der Waals surface area (Å²) in [6.07, 6.45) is 9.42. The molecule has 4 aliphatic rings. The molecule has 216 valence electrons. The number of benzene rings is 1. The number of carboxylic acid groups (broad SMARTS) is 1. The van der Waals surface area contributed by atoms with Crippen molar-refractivity contribution in [1.82, 2.24) is 5.32 Å². The van der Waals surface area contributed by atoms with Crippen LogP contribution in [-0.2, 0) is 25.6 Å². The predicted molar refractivity (Wildman–Crippen MR) is 150 cm³/mol. The molecule has 0 heterocycles. The van der Waals surface area contributed by atoms with Crippen LogP contribution in [-0.4, -0.2) is 51.8 Å². The molecule has 0 saturated heterocycles. The largest absolute Gasteiger partial charge is 0.480 e. The van der Waals surface area contributed by atoms with E-state index >= 15 is 0 Å². The smallest absolute Gasteiger partial charge is 0.326 e. The molecule has 40 heavy (non-hydrogen) atoms. The highest BCUT2D eigenvalue weighted by Gasteiger charge is 2.65. The number of amides is 1. The van der Waals surface area contributed by atoms with E-state index in [2.05, 4.69) is 30.4 Å². The lowest BCUT2D eigenvalue weighted by molar-refractivity contribution is -0.159. The van der Waals surface area contributed by atoms with Crippen LogP contribution in [0.1, 0.15) is 77.7 Å². The number of carbonyl (C=O) groups is 3. The molecule has 1 aromatic rings. The first-order valence-corrected chi connectivity index (χ1v) is 14.7. The second kappa shape index (κ2) is 10.8. The number of rotatable bonds is 8. The number of nitrogens with one attached hydrogen (secondary N) is 1. The number of aliphatic hydroxyl groups is 1. The summed E-state index contributed by atoms with van der Waals surface area (Å²) in [5, 5.41) is 27.7.